The van der Waals surface area contributed by atoms with Crippen molar-refractivity contribution in [3.05, 3.63) is 58.7 Å². The minimum atomic E-state index is 0.337. The van der Waals surface area contributed by atoms with Gasteiger partial charge in [-0.1, -0.05) is 26.0 Å². The first-order chi connectivity index (χ1) is 9.63. The van der Waals surface area contributed by atoms with Crippen LogP contribution in [0.1, 0.15) is 36.1 Å². The molecule has 20 heavy (non-hydrogen) atoms. The van der Waals surface area contributed by atoms with Gasteiger partial charge in [-0.05, 0) is 72.2 Å². The van der Waals surface area contributed by atoms with Crippen molar-refractivity contribution in [2.45, 2.75) is 39.5 Å². The van der Waals surface area contributed by atoms with Gasteiger partial charge in [0.15, 0.2) is 0 Å². The maximum Gasteiger partial charge on any atom is 0.115 e. The highest BCUT2D eigenvalue weighted by atomic mass is 16.3. The van der Waals surface area contributed by atoms with Crippen LogP contribution < -0.4 is 0 Å². The average Bonchev–Trinajstić information content (AvgIpc) is 2.46. The summed E-state index contributed by atoms with van der Waals surface area (Å²) in [5, 5.41) is 19.1. The van der Waals surface area contributed by atoms with E-state index in [9.17, 15) is 10.2 Å². The van der Waals surface area contributed by atoms with Gasteiger partial charge in [-0.3, -0.25) is 0 Å². The van der Waals surface area contributed by atoms with E-state index in [0.29, 0.717) is 11.5 Å². The first-order valence-corrected chi connectivity index (χ1v) is 7.25. The van der Waals surface area contributed by atoms with Crippen molar-refractivity contribution in [2.75, 3.05) is 0 Å². The zero-order chi connectivity index (χ0) is 14.5. The first-order valence-electron chi connectivity index (χ1n) is 7.25. The van der Waals surface area contributed by atoms with E-state index in [2.05, 4.69) is 13.8 Å². The number of aryl methyl sites for hydroxylation is 4. The molecule has 0 saturated heterocycles. The molecule has 0 unspecified atom stereocenters. The highest BCUT2D eigenvalue weighted by Gasteiger charge is 2.06. The molecule has 2 aromatic rings. The molecule has 0 spiro atoms. The summed E-state index contributed by atoms with van der Waals surface area (Å²) in [6, 6.07) is 11.2. The third-order valence-corrected chi connectivity index (χ3v) is 3.81. The molecule has 0 radical (unpaired) electrons. The van der Waals surface area contributed by atoms with Crippen LogP contribution >= 0.6 is 0 Å². The zero-order valence-electron chi connectivity index (χ0n) is 12.2. The van der Waals surface area contributed by atoms with Crippen molar-refractivity contribution in [3.8, 4) is 11.5 Å². The molecule has 0 amide bonds. The number of phenols is 2. The summed E-state index contributed by atoms with van der Waals surface area (Å²) in [5.74, 6) is 0.675. The highest BCUT2D eigenvalue weighted by molar-refractivity contribution is 5.38. The molecule has 0 aliphatic rings. The van der Waals surface area contributed by atoms with Gasteiger partial charge < -0.3 is 10.2 Å². The normalized spacial score (nSPS) is 10.7. The van der Waals surface area contributed by atoms with Gasteiger partial charge in [0, 0.05) is 0 Å². The van der Waals surface area contributed by atoms with Crippen LogP contribution in [-0.2, 0) is 25.7 Å². The molecule has 0 heterocycles. The van der Waals surface area contributed by atoms with Crippen molar-refractivity contribution in [1.82, 2.24) is 0 Å². The number of rotatable bonds is 5. The monoisotopic (exact) mass is 270 g/mol. The van der Waals surface area contributed by atoms with Crippen LogP contribution in [0.15, 0.2) is 36.4 Å². The Hall–Kier alpha value is -1.96. The summed E-state index contributed by atoms with van der Waals surface area (Å²) in [7, 11) is 0. The number of phenolic OH excluding ortho intramolecular Hbond substituents is 2. The van der Waals surface area contributed by atoms with Crippen LogP contribution in [0.25, 0.3) is 0 Å². The van der Waals surface area contributed by atoms with Gasteiger partial charge in [0.2, 0.25) is 0 Å². The smallest absolute Gasteiger partial charge is 0.115 e. The van der Waals surface area contributed by atoms with Crippen molar-refractivity contribution < 1.29 is 10.2 Å². The molecule has 106 valence electrons. The van der Waals surface area contributed by atoms with E-state index in [1.165, 1.54) is 22.3 Å². The van der Waals surface area contributed by atoms with Gasteiger partial charge in [-0.25, -0.2) is 0 Å². The molecule has 0 aliphatic carbocycles. The number of benzene rings is 2. The Bertz CT molecular complexity index is 534. The molecule has 2 N–H and O–H groups in total. The Morgan fingerprint density at radius 3 is 1.40 bits per heavy atom. The van der Waals surface area contributed by atoms with E-state index < -0.39 is 0 Å². The van der Waals surface area contributed by atoms with Gasteiger partial charge in [0.05, 0.1) is 0 Å². The Morgan fingerprint density at radius 2 is 1.05 bits per heavy atom. The fraction of sp³-hybridized carbons (Fsp3) is 0.333. The van der Waals surface area contributed by atoms with Gasteiger partial charge in [0.1, 0.15) is 11.5 Å². The maximum atomic E-state index is 9.54. The lowest BCUT2D eigenvalue weighted by molar-refractivity contribution is 0.473. The number of hydrogen-bond donors (Lipinski definition) is 2. The second kappa shape index (κ2) is 6.47. The third kappa shape index (κ3) is 3.32. The van der Waals surface area contributed by atoms with Crippen molar-refractivity contribution in [3.63, 3.8) is 0 Å². The molecular formula is C18H22O2. The third-order valence-electron chi connectivity index (χ3n) is 3.81. The molecule has 0 atom stereocenters. The Labute approximate surface area is 120 Å². The molecule has 2 aromatic carbocycles. The Balaban J connectivity index is 2.16. The predicted octanol–water partition coefficient (Wildman–Crippen LogP) is 4.01. The summed E-state index contributed by atoms with van der Waals surface area (Å²) in [4.78, 5) is 0. The molecule has 0 aromatic heterocycles. The topological polar surface area (TPSA) is 40.5 Å². The highest BCUT2D eigenvalue weighted by Crippen LogP contribution is 2.22. The first kappa shape index (κ1) is 14.4. The molecule has 2 nitrogen and oxygen atoms in total. The fourth-order valence-electron chi connectivity index (χ4n) is 2.64. The van der Waals surface area contributed by atoms with Crippen LogP contribution in [0, 0.1) is 0 Å². The number of aromatic hydroxyl groups is 2. The summed E-state index contributed by atoms with van der Waals surface area (Å²) in [6.45, 7) is 4.21. The molecule has 2 heteroatoms. The van der Waals surface area contributed by atoms with Crippen LogP contribution in [-0.4, -0.2) is 10.2 Å². The van der Waals surface area contributed by atoms with Crippen LogP contribution in [0.4, 0.5) is 0 Å². The lowest BCUT2D eigenvalue weighted by atomic mass is 9.95. The quantitative estimate of drug-likeness (QED) is 0.862. The van der Waals surface area contributed by atoms with Gasteiger partial charge in [0.25, 0.3) is 0 Å². The minimum absolute atomic E-state index is 0.337. The molecular weight excluding hydrogens is 248 g/mol. The fourth-order valence-corrected chi connectivity index (χ4v) is 2.64. The summed E-state index contributed by atoms with van der Waals surface area (Å²) in [6.07, 6.45) is 3.78. The van der Waals surface area contributed by atoms with E-state index >= 15 is 0 Å². The van der Waals surface area contributed by atoms with E-state index in [-0.39, 0.29) is 0 Å². The standard InChI is InChI=1S/C18H22O2/c1-3-13-11-17(19)9-7-15(13)5-6-16-8-10-18(20)12-14(16)4-2/h7-12,19-20H,3-6H2,1-2H3. The summed E-state index contributed by atoms with van der Waals surface area (Å²) >= 11 is 0. The average molecular weight is 270 g/mol. The number of hydrogen-bond acceptors (Lipinski definition) is 2. The van der Waals surface area contributed by atoms with Crippen molar-refractivity contribution in [2.24, 2.45) is 0 Å². The van der Waals surface area contributed by atoms with Gasteiger partial charge >= 0.3 is 0 Å². The molecule has 2 rings (SSSR count). The molecule has 0 fully saturated rings. The summed E-state index contributed by atoms with van der Waals surface area (Å²) < 4.78 is 0. The van der Waals surface area contributed by atoms with Crippen molar-refractivity contribution in [1.29, 1.82) is 0 Å². The van der Waals surface area contributed by atoms with Crippen LogP contribution in [0.2, 0.25) is 0 Å². The largest absolute Gasteiger partial charge is 0.508 e. The maximum absolute atomic E-state index is 9.54. The lowest BCUT2D eigenvalue weighted by Crippen LogP contribution is -1.99. The molecule has 0 bridgehead atoms. The zero-order valence-corrected chi connectivity index (χ0v) is 12.2. The van der Waals surface area contributed by atoms with Gasteiger partial charge in [-0.15, -0.1) is 0 Å². The Kier molecular flexibility index (Phi) is 4.67. The SMILES string of the molecule is CCc1cc(O)ccc1CCc1ccc(O)cc1CC. The van der Waals surface area contributed by atoms with E-state index in [1.54, 1.807) is 12.1 Å². The lowest BCUT2D eigenvalue weighted by Gasteiger charge is -2.11. The van der Waals surface area contributed by atoms with Crippen LogP contribution in [0.3, 0.4) is 0 Å². The van der Waals surface area contributed by atoms with E-state index in [0.717, 1.165) is 25.7 Å². The van der Waals surface area contributed by atoms with E-state index in [4.69, 9.17) is 0 Å². The van der Waals surface area contributed by atoms with E-state index in [1.807, 2.05) is 24.3 Å². The predicted molar refractivity (Wildman–Crippen MR) is 82.4 cm³/mol. The molecule has 0 aliphatic heterocycles. The second-order valence-electron chi connectivity index (χ2n) is 5.11. The minimum Gasteiger partial charge on any atom is -0.508 e. The molecule has 0 saturated carbocycles. The second-order valence-corrected chi connectivity index (χ2v) is 5.11. The van der Waals surface area contributed by atoms with Crippen molar-refractivity contribution >= 4 is 0 Å². The Morgan fingerprint density at radius 1 is 0.650 bits per heavy atom. The summed E-state index contributed by atoms with van der Waals surface area (Å²) in [5.41, 5.74) is 5.00. The van der Waals surface area contributed by atoms with Crippen LogP contribution in [0.5, 0.6) is 11.5 Å². The van der Waals surface area contributed by atoms with Gasteiger partial charge in [-0.2, -0.15) is 0 Å².